The summed E-state index contributed by atoms with van der Waals surface area (Å²) >= 11 is 0. The van der Waals surface area contributed by atoms with Crippen LogP contribution in [0.15, 0.2) is 12.2 Å². The van der Waals surface area contributed by atoms with Crippen LogP contribution < -0.4 is 11.5 Å². The minimum Gasteiger partial charge on any atom is -0.313 e. The van der Waals surface area contributed by atoms with Crippen LogP contribution in [-0.2, 0) is 0 Å². The molecule has 0 fully saturated rings. The SMILES string of the molecule is CCCCCCCC/C=C\CCCCCCCC(N)(N)CCC. The van der Waals surface area contributed by atoms with Crippen LogP contribution in [0.3, 0.4) is 0 Å². The Morgan fingerprint density at radius 3 is 1.57 bits per heavy atom. The molecule has 0 aliphatic heterocycles. The van der Waals surface area contributed by atoms with Gasteiger partial charge >= 0.3 is 0 Å². The number of unbranched alkanes of at least 4 members (excludes halogenated alkanes) is 11. The standard InChI is InChI=1S/C21H44N2/c1-3-5-6-7-8-9-10-11-12-13-14-15-16-17-18-20-21(22,23)19-4-2/h11-12H,3-10,13-20,22-23H2,1-2H3/b12-11-. The summed E-state index contributed by atoms with van der Waals surface area (Å²) in [5.74, 6) is 0. The maximum absolute atomic E-state index is 6.05. The number of allylic oxidation sites excluding steroid dienone is 2. The third-order valence-electron chi connectivity index (χ3n) is 4.62. The number of hydrogen-bond acceptors (Lipinski definition) is 2. The Morgan fingerprint density at radius 1 is 0.565 bits per heavy atom. The van der Waals surface area contributed by atoms with Gasteiger partial charge in [-0.3, -0.25) is 0 Å². The maximum atomic E-state index is 6.05. The molecule has 0 aromatic carbocycles. The third kappa shape index (κ3) is 17.8. The second-order valence-corrected chi connectivity index (χ2v) is 7.32. The second kappa shape index (κ2) is 16.5. The molecule has 23 heavy (non-hydrogen) atoms. The highest BCUT2D eigenvalue weighted by Crippen LogP contribution is 2.14. The molecule has 138 valence electrons. The normalized spacial score (nSPS) is 12.3. The predicted molar refractivity (Wildman–Crippen MR) is 105 cm³/mol. The lowest BCUT2D eigenvalue weighted by atomic mass is 9.98. The second-order valence-electron chi connectivity index (χ2n) is 7.32. The van der Waals surface area contributed by atoms with E-state index in [-0.39, 0.29) is 0 Å². The Morgan fingerprint density at radius 2 is 1.04 bits per heavy atom. The molecule has 0 aliphatic carbocycles. The Bertz CT molecular complexity index is 259. The first kappa shape index (κ1) is 22.7. The monoisotopic (exact) mass is 324 g/mol. The average Bonchev–Trinajstić information content (AvgIpc) is 2.51. The Labute approximate surface area is 146 Å². The van der Waals surface area contributed by atoms with Gasteiger partial charge in [-0.1, -0.05) is 90.2 Å². The first-order chi connectivity index (χ1) is 11.1. The van der Waals surface area contributed by atoms with E-state index < -0.39 is 5.66 Å². The number of hydrogen-bond donors (Lipinski definition) is 2. The van der Waals surface area contributed by atoms with Gasteiger partial charge in [0.25, 0.3) is 0 Å². The van der Waals surface area contributed by atoms with Gasteiger partial charge in [0.2, 0.25) is 0 Å². The number of rotatable bonds is 17. The van der Waals surface area contributed by atoms with Crippen molar-refractivity contribution in [1.82, 2.24) is 0 Å². The van der Waals surface area contributed by atoms with Gasteiger partial charge in [0.05, 0.1) is 5.66 Å². The van der Waals surface area contributed by atoms with E-state index >= 15 is 0 Å². The predicted octanol–water partition coefficient (Wildman–Crippen LogP) is 6.44. The highest BCUT2D eigenvalue weighted by Gasteiger charge is 2.16. The van der Waals surface area contributed by atoms with Crippen LogP contribution in [0.25, 0.3) is 0 Å². The van der Waals surface area contributed by atoms with Crippen LogP contribution in [0.2, 0.25) is 0 Å². The van der Waals surface area contributed by atoms with Crippen molar-refractivity contribution < 1.29 is 0 Å². The zero-order valence-corrected chi connectivity index (χ0v) is 16.1. The molecular formula is C21H44N2. The van der Waals surface area contributed by atoms with Crippen LogP contribution >= 0.6 is 0 Å². The lowest BCUT2D eigenvalue weighted by molar-refractivity contribution is 0.357. The van der Waals surface area contributed by atoms with E-state index in [9.17, 15) is 0 Å². The minimum absolute atomic E-state index is 0.423. The summed E-state index contributed by atoms with van der Waals surface area (Å²) in [6.07, 6.45) is 25.1. The Balaban J connectivity index is 3.22. The molecule has 0 atom stereocenters. The van der Waals surface area contributed by atoms with E-state index in [1.165, 1.54) is 83.5 Å². The van der Waals surface area contributed by atoms with E-state index in [4.69, 9.17) is 11.5 Å². The molecule has 0 spiro atoms. The van der Waals surface area contributed by atoms with Gasteiger partial charge in [0.15, 0.2) is 0 Å². The van der Waals surface area contributed by atoms with Gasteiger partial charge in [-0.2, -0.15) is 0 Å². The third-order valence-corrected chi connectivity index (χ3v) is 4.62. The van der Waals surface area contributed by atoms with E-state index in [1.54, 1.807) is 0 Å². The van der Waals surface area contributed by atoms with Crippen LogP contribution in [-0.4, -0.2) is 5.66 Å². The van der Waals surface area contributed by atoms with Crippen molar-refractivity contribution in [3.63, 3.8) is 0 Å². The Hall–Kier alpha value is -0.340. The first-order valence-electron chi connectivity index (χ1n) is 10.3. The van der Waals surface area contributed by atoms with Gasteiger partial charge in [-0.05, 0) is 38.5 Å². The summed E-state index contributed by atoms with van der Waals surface area (Å²) < 4.78 is 0. The van der Waals surface area contributed by atoms with E-state index in [0.717, 1.165) is 19.3 Å². The quantitative estimate of drug-likeness (QED) is 0.184. The number of nitrogens with two attached hydrogens (primary N) is 2. The van der Waals surface area contributed by atoms with E-state index in [0.29, 0.717) is 0 Å². The molecule has 2 heteroatoms. The fourth-order valence-corrected chi connectivity index (χ4v) is 3.12. The molecule has 2 nitrogen and oxygen atoms in total. The summed E-state index contributed by atoms with van der Waals surface area (Å²) in [5, 5.41) is 0. The molecule has 0 unspecified atom stereocenters. The highest BCUT2D eigenvalue weighted by atomic mass is 14.9. The van der Waals surface area contributed by atoms with Crippen molar-refractivity contribution in [3.8, 4) is 0 Å². The molecule has 0 aromatic rings. The average molecular weight is 325 g/mol. The van der Waals surface area contributed by atoms with Crippen molar-refractivity contribution in [1.29, 1.82) is 0 Å². The zero-order chi connectivity index (χ0) is 17.2. The smallest absolute Gasteiger partial charge is 0.0636 e. The summed E-state index contributed by atoms with van der Waals surface area (Å²) in [4.78, 5) is 0. The van der Waals surface area contributed by atoms with E-state index in [1.807, 2.05) is 0 Å². The molecule has 0 radical (unpaired) electrons. The van der Waals surface area contributed by atoms with Gasteiger partial charge in [0.1, 0.15) is 0 Å². The summed E-state index contributed by atoms with van der Waals surface area (Å²) in [5.41, 5.74) is 11.7. The molecular weight excluding hydrogens is 280 g/mol. The first-order valence-corrected chi connectivity index (χ1v) is 10.3. The molecule has 0 amide bonds. The minimum atomic E-state index is -0.423. The molecule has 4 N–H and O–H groups in total. The lowest BCUT2D eigenvalue weighted by Crippen LogP contribution is -2.48. The lowest BCUT2D eigenvalue weighted by Gasteiger charge is -2.23. The van der Waals surface area contributed by atoms with Crippen molar-refractivity contribution in [2.24, 2.45) is 11.5 Å². The van der Waals surface area contributed by atoms with Crippen LogP contribution in [0.4, 0.5) is 0 Å². The van der Waals surface area contributed by atoms with Gasteiger partial charge in [-0.25, -0.2) is 0 Å². The summed E-state index contributed by atoms with van der Waals surface area (Å²) in [6, 6.07) is 0. The van der Waals surface area contributed by atoms with Crippen LogP contribution in [0.5, 0.6) is 0 Å². The van der Waals surface area contributed by atoms with Gasteiger partial charge in [0, 0.05) is 0 Å². The topological polar surface area (TPSA) is 52.0 Å². The maximum Gasteiger partial charge on any atom is 0.0636 e. The van der Waals surface area contributed by atoms with Crippen molar-refractivity contribution in [2.75, 3.05) is 0 Å². The molecule has 0 bridgehead atoms. The fourth-order valence-electron chi connectivity index (χ4n) is 3.12. The largest absolute Gasteiger partial charge is 0.313 e. The Kier molecular flexibility index (Phi) is 16.3. The van der Waals surface area contributed by atoms with Gasteiger partial charge in [-0.15, -0.1) is 0 Å². The van der Waals surface area contributed by atoms with Crippen molar-refractivity contribution >= 4 is 0 Å². The van der Waals surface area contributed by atoms with Crippen LogP contribution in [0, 0.1) is 0 Å². The molecule has 0 heterocycles. The van der Waals surface area contributed by atoms with E-state index in [2.05, 4.69) is 26.0 Å². The molecule has 0 rings (SSSR count). The zero-order valence-electron chi connectivity index (χ0n) is 16.1. The molecule has 0 saturated heterocycles. The summed E-state index contributed by atoms with van der Waals surface area (Å²) in [7, 11) is 0. The van der Waals surface area contributed by atoms with Crippen molar-refractivity contribution in [2.45, 2.75) is 122 Å². The highest BCUT2D eigenvalue weighted by molar-refractivity contribution is 4.81. The van der Waals surface area contributed by atoms with Crippen LogP contribution in [0.1, 0.15) is 117 Å². The van der Waals surface area contributed by atoms with Crippen molar-refractivity contribution in [3.05, 3.63) is 12.2 Å². The molecule has 0 saturated carbocycles. The fraction of sp³-hybridized carbons (Fsp3) is 0.905. The summed E-state index contributed by atoms with van der Waals surface area (Å²) in [6.45, 7) is 4.42. The molecule has 0 aromatic heterocycles. The molecule has 0 aliphatic rings. The van der Waals surface area contributed by atoms with Gasteiger partial charge < -0.3 is 11.5 Å².